The van der Waals surface area contributed by atoms with Crippen molar-refractivity contribution in [3.8, 4) is 0 Å². The second kappa shape index (κ2) is 5.10. The lowest BCUT2D eigenvalue weighted by molar-refractivity contribution is 0.0955. The van der Waals surface area contributed by atoms with Gasteiger partial charge >= 0.3 is 0 Å². The Bertz CT molecular complexity index is 286. The zero-order valence-electron chi connectivity index (χ0n) is 8.35. The van der Waals surface area contributed by atoms with Crippen LogP contribution in [0.25, 0.3) is 0 Å². The summed E-state index contributed by atoms with van der Waals surface area (Å²) in [5, 5.41) is 18.2. The van der Waals surface area contributed by atoms with E-state index in [1.54, 1.807) is 6.07 Å². The third kappa shape index (κ3) is 3.10. The SMILES string of the molecule is CC(N)Cc1cccc(C(O)CO)c1. The highest BCUT2D eigenvalue weighted by Gasteiger charge is 2.06. The van der Waals surface area contributed by atoms with Crippen LogP contribution in [0, 0.1) is 0 Å². The minimum Gasteiger partial charge on any atom is -0.393 e. The van der Waals surface area contributed by atoms with Crippen LogP contribution in [0.1, 0.15) is 24.2 Å². The Hall–Kier alpha value is -0.900. The summed E-state index contributed by atoms with van der Waals surface area (Å²) in [6.07, 6.45) is -0.00514. The van der Waals surface area contributed by atoms with Crippen LogP contribution in [-0.2, 0) is 6.42 Å². The van der Waals surface area contributed by atoms with Crippen LogP contribution in [0.2, 0.25) is 0 Å². The molecule has 0 aliphatic heterocycles. The first-order valence-electron chi connectivity index (χ1n) is 4.77. The van der Waals surface area contributed by atoms with E-state index in [-0.39, 0.29) is 12.6 Å². The van der Waals surface area contributed by atoms with Crippen LogP contribution in [0.3, 0.4) is 0 Å². The van der Waals surface area contributed by atoms with Crippen LogP contribution in [0.5, 0.6) is 0 Å². The summed E-state index contributed by atoms with van der Waals surface area (Å²) in [7, 11) is 0. The van der Waals surface area contributed by atoms with Gasteiger partial charge in [-0.3, -0.25) is 0 Å². The number of nitrogens with two attached hydrogens (primary N) is 1. The highest BCUT2D eigenvalue weighted by atomic mass is 16.3. The van der Waals surface area contributed by atoms with E-state index in [0.717, 1.165) is 17.5 Å². The molecular weight excluding hydrogens is 178 g/mol. The standard InChI is InChI=1S/C11H17NO2/c1-8(12)5-9-3-2-4-10(6-9)11(14)7-13/h2-4,6,8,11,13-14H,5,7,12H2,1H3. The molecule has 0 radical (unpaired) electrons. The van der Waals surface area contributed by atoms with Gasteiger partial charge in [0.1, 0.15) is 6.10 Å². The lowest BCUT2D eigenvalue weighted by atomic mass is 10.0. The van der Waals surface area contributed by atoms with Crippen molar-refractivity contribution in [1.29, 1.82) is 0 Å². The molecule has 4 N–H and O–H groups in total. The molecule has 0 bridgehead atoms. The van der Waals surface area contributed by atoms with Gasteiger partial charge in [0.05, 0.1) is 6.61 Å². The fourth-order valence-electron chi connectivity index (χ4n) is 1.40. The van der Waals surface area contributed by atoms with Crippen LogP contribution >= 0.6 is 0 Å². The first-order valence-corrected chi connectivity index (χ1v) is 4.77. The maximum atomic E-state index is 9.41. The fourth-order valence-corrected chi connectivity index (χ4v) is 1.40. The van der Waals surface area contributed by atoms with Crippen molar-refractivity contribution in [2.75, 3.05) is 6.61 Å². The summed E-state index contributed by atoms with van der Waals surface area (Å²) in [5.41, 5.74) is 7.50. The van der Waals surface area contributed by atoms with E-state index < -0.39 is 6.10 Å². The summed E-state index contributed by atoms with van der Waals surface area (Å²) in [4.78, 5) is 0. The minimum absolute atomic E-state index is 0.108. The molecular formula is C11H17NO2. The average Bonchev–Trinajstić information content (AvgIpc) is 2.16. The molecule has 0 spiro atoms. The monoisotopic (exact) mass is 195 g/mol. The van der Waals surface area contributed by atoms with Gasteiger partial charge in [0.15, 0.2) is 0 Å². The molecule has 14 heavy (non-hydrogen) atoms. The molecule has 2 atom stereocenters. The molecule has 1 aromatic carbocycles. The molecule has 0 aliphatic rings. The van der Waals surface area contributed by atoms with Gasteiger partial charge < -0.3 is 15.9 Å². The zero-order valence-corrected chi connectivity index (χ0v) is 8.35. The van der Waals surface area contributed by atoms with E-state index in [9.17, 15) is 5.11 Å². The Morgan fingerprint density at radius 2 is 2.14 bits per heavy atom. The third-order valence-electron chi connectivity index (χ3n) is 2.07. The van der Waals surface area contributed by atoms with Gasteiger partial charge in [0.2, 0.25) is 0 Å². The molecule has 0 heterocycles. The van der Waals surface area contributed by atoms with E-state index in [2.05, 4.69) is 0 Å². The summed E-state index contributed by atoms with van der Waals surface area (Å²) >= 11 is 0. The van der Waals surface area contributed by atoms with Gasteiger partial charge in [0.25, 0.3) is 0 Å². The smallest absolute Gasteiger partial charge is 0.102 e. The number of rotatable bonds is 4. The van der Waals surface area contributed by atoms with Crippen LogP contribution in [0.4, 0.5) is 0 Å². The average molecular weight is 195 g/mol. The predicted molar refractivity (Wildman–Crippen MR) is 55.8 cm³/mol. The maximum Gasteiger partial charge on any atom is 0.102 e. The highest BCUT2D eigenvalue weighted by molar-refractivity contribution is 5.25. The van der Waals surface area contributed by atoms with E-state index in [1.165, 1.54) is 0 Å². The second-order valence-electron chi connectivity index (χ2n) is 3.62. The largest absolute Gasteiger partial charge is 0.393 e. The van der Waals surface area contributed by atoms with Crippen molar-refractivity contribution in [3.63, 3.8) is 0 Å². The molecule has 0 saturated carbocycles. The van der Waals surface area contributed by atoms with Gasteiger partial charge in [-0.25, -0.2) is 0 Å². The predicted octanol–water partition coefficient (Wildman–Crippen LogP) is 0.602. The first kappa shape index (κ1) is 11.2. The summed E-state index contributed by atoms with van der Waals surface area (Å²) in [6.45, 7) is 1.69. The molecule has 3 nitrogen and oxygen atoms in total. The first-order chi connectivity index (χ1) is 6.63. The lowest BCUT2D eigenvalue weighted by Crippen LogP contribution is -2.18. The number of benzene rings is 1. The lowest BCUT2D eigenvalue weighted by Gasteiger charge is -2.10. The fraction of sp³-hybridized carbons (Fsp3) is 0.455. The Morgan fingerprint density at radius 3 is 2.71 bits per heavy atom. The number of aliphatic hydroxyl groups excluding tert-OH is 2. The van der Waals surface area contributed by atoms with Crippen molar-refractivity contribution >= 4 is 0 Å². The summed E-state index contributed by atoms with van der Waals surface area (Å²) < 4.78 is 0. The van der Waals surface area contributed by atoms with E-state index in [0.29, 0.717) is 0 Å². The van der Waals surface area contributed by atoms with Crippen molar-refractivity contribution in [2.24, 2.45) is 5.73 Å². The molecule has 2 unspecified atom stereocenters. The minimum atomic E-state index is -0.789. The maximum absolute atomic E-state index is 9.41. The number of aliphatic hydroxyl groups is 2. The van der Waals surface area contributed by atoms with Gasteiger partial charge in [-0.05, 0) is 24.5 Å². The Morgan fingerprint density at radius 1 is 1.43 bits per heavy atom. The van der Waals surface area contributed by atoms with Crippen LogP contribution in [-0.4, -0.2) is 22.9 Å². The van der Waals surface area contributed by atoms with Gasteiger partial charge in [-0.1, -0.05) is 24.3 Å². The number of hydrogen-bond donors (Lipinski definition) is 3. The number of hydrogen-bond acceptors (Lipinski definition) is 3. The molecule has 0 aromatic heterocycles. The molecule has 0 aliphatic carbocycles. The van der Waals surface area contributed by atoms with Crippen LogP contribution < -0.4 is 5.73 Å². The second-order valence-corrected chi connectivity index (χ2v) is 3.62. The molecule has 0 saturated heterocycles. The molecule has 3 heteroatoms. The van der Waals surface area contributed by atoms with Gasteiger partial charge in [0, 0.05) is 6.04 Å². The van der Waals surface area contributed by atoms with Crippen molar-refractivity contribution in [2.45, 2.75) is 25.5 Å². The normalized spacial score (nSPS) is 15.1. The molecule has 0 fully saturated rings. The Balaban J connectivity index is 2.78. The van der Waals surface area contributed by atoms with Crippen LogP contribution in [0.15, 0.2) is 24.3 Å². The molecule has 1 aromatic rings. The van der Waals surface area contributed by atoms with Crippen molar-refractivity contribution in [1.82, 2.24) is 0 Å². The third-order valence-corrected chi connectivity index (χ3v) is 2.07. The Labute approximate surface area is 84.2 Å². The van der Waals surface area contributed by atoms with E-state index in [1.807, 2.05) is 25.1 Å². The molecule has 78 valence electrons. The summed E-state index contributed by atoms with van der Waals surface area (Å²) in [5.74, 6) is 0. The van der Waals surface area contributed by atoms with Gasteiger partial charge in [-0.2, -0.15) is 0 Å². The quantitative estimate of drug-likeness (QED) is 0.659. The topological polar surface area (TPSA) is 66.5 Å². The Kier molecular flexibility index (Phi) is 4.07. The summed E-state index contributed by atoms with van der Waals surface area (Å²) in [6, 6.07) is 7.62. The molecule has 0 amide bonds. The van der Waals surface area contributed by atoms with E-state index in [4.69, 9.17) is 10.8 Å². The zero-order chi connectivity index (χ0) is 10.6. The molecule has 1 rings (SSSR count). The van der Waals surface area contributed by atoms with Crippen molar-refractivity contribution < 1.29 is 10.2 Å². The highest BCUT2D eigenvalue weighted by Crippen LogP contribution is 2.14. The van der Waals surface area contributed by atoms with Crippen molar-refractivity contribution in [3.05, 3.63) is 35.4 Å². The van der Waals surface area contributed by atoms with Gasteiger partial charge in [-0.15, -0.1) is 0 Å². The van der Waals surface area contributed by atoms with E-state index >= 15 is 0 Å².